The van der Waals surface area contributed by atoms with Crippen molar-refractivity contribution in [3.05, 3.63) is 40.9 Å². The van der Waals surface area contributed by atoms with Crippen LogP contribution in [0.2, 0.25) is 0 Å². The predicted molar refractivity (Wildman–Crippen MR) is 66.0 cm³/mol. The molecule has 0 fully saturated rings. The van der Waals surface area contributed by atoms with Crippen LogP contribution >= 0.6 is 28.6 Å². The SMILES string of the molecule is Sc1ccc(Br)c2ccccc12.[KH]. The van der Waals surface area contributed by atoms with Crippen LogP contribution < -0.4 is 0 Å². The molecular formula is C10H8BrKS. The summed E-state index contributed by atoms with van der Waals surface area (Å²) in [4.78, 5) is 1.02. The molecule has 0 aromatic heterocycles. The van der Waals surface area contributed by atoms with Gasteiger partial charge in [-0.3, -0.25) is 0 Å². The van der Waals surface area contributed by atoms with Gasteiger partial charge >= 0.3 is 51.4 Å². The summed E-state index contributed by atoms with van der Waals surface area (Å²) in [6.07, 6.45) is 0. The molecule has 0 nitrogen and oxygen atoms in total. The molecule has 0 spiro atoms. The van der Waals surface area contributed by atoms with Gasteiger partial charge in [-0.05, 0) is 22.9 Å². The van der Waals surface area contributed by atoms with E-state index >= 15 is 0 Å². The molecule has 0 heterocycles. The van der Waals surface area contributed by atoms with E-state index in [1.54, 1.807) is 0 Å². The Bertz CT molecular complexity index is 388. The Morgan fingerprint density at radius 3 is 2.15 bits per heavy atom. The van der Waals surface area contributed by atoms with Gasteiger partial charge in [0.25, 0.3) is 0 Å². The maximum absolute atomic E-state index is 4.38. The molecule has 2 rings (SSSR count). The first-order valence-electron chi connectivity index (χ1n) is 3.65. The summed E-state index contributed by atoms with van der Waals surface area (Å²) >= 11 is 7.87. The average molecular weight is 279 g/mol. The Balaban J connectivity index is 0.000000845. The summed E-state index contributed by atoms with van der Waals surface area (Å²) < 4.78 is 1.12. The molecule has 2 aromatic rings. The van der Waals surface area contributed by atoms with Crippen LogP contribution in [0.5, 0.6) is 0 Å². The Labute approximate surface area is 134 Å². The summed E-state index contributed by atoms with van der Waals surface area (Å²) in [7, 11) is 0. The number of benzene rings is 2. The molecule has 2 aromatic carbocycles. The molecule has 0 aliphatic carbocycles. The Morgan fingerprint density at radius 1 is 0.923 bits per heavy atom. The minimum atomic E-state index is 0. The van der Waals surface area contributed by atoms with Gasteiger partial charge in [0.1, 0.15) is 0 Å². The fourth-order valence-corrected chi connectivity index (χ4v) is 1.99. The molecule has 13 heavy (non-hydrogen) atoms. The van der Waals surface area contributed by atoms with Gasteiger partial charge in [0.05, 0.1) is 0 Å². The minimum absolute atomic E-state index is 0. The zero-order chi connectivity index (χ0) is 8.55. The Morgan fingerprint density at radius 2 is 1.54 bits per heavy atom. The van der Waals surface area contributed by atoms with E-state index in [0.29, 0.717) is 0 Å². The first kappa shape index (κ1) is 12.2. The first-order valence-corrected chi connectivity index (χ1v) is 4.89. The second kappa shape index (κ2) is 5.31. The molecule has 0 unspecified atom stereocenters. The molecular weight excluding hydrogens is 271 g/mol. The molecule has 0 N–H and O–H groups in total. The molecule has 0 bridgehead atoms. The van der Waals surface area contributed by atoms with Crippen molar-refractivity contribution in [2.24, 2.45) is 0 Å². The van der Waals surface area contributed by atoms with Crippen LogP contribution in [0.25, 0.3) is 10.8 Å². The molecule has 0 atom stereocenters. The van der Waals surface area contributed by atoms with Crippen molar-refractivity contribution in [3.63, 3.8) is 0 Å². The van der Waals surface area contributed by atoms with E-state index in [1.807, 2.05) is 24.3 Å². The van der Waals surface area contributed by atoms with Crippen LogP contribution in [0.1, 0.15) is 0 Å². The van der Waals surface area contributed by atoms with Gasteiger partial charge in [0, 0.05) is 9.37 Å². The number of hydrogen-bond acceptors (Lipinski definition) is 1. The van der Waals surface area contributed by atoms with Crippen LogP contribution in [0.4, 0.5) is 0 Å². The molecule has 3 heteroatoms. The van der Waals surface area contributed by atoms with E-state index in [9.17, 15) is 0 Å². The van der Waals surface area contributed by atoms with Crippen molar-refractivity contribution in [2.45, 2.75) is 4.90 Å². The third-order valence-corrected chi connectivity index (χ3v) is 2.93. The first-order chi connectivity index (χ1) is 5.79. The van der Waals surface area contributed by atoms with Gasteiger partial charge in [-0.25, -0.2) is 0 Å². The van der Waals surface area contributed by atoms with Crippen LogP contribution in [-0.4, -0.2) is 51.4 Å². The van der Waals surface area contributed by atoms with Gasteiger partial charge < -0.3 is 0 Å². The maximum atomic E-state index is 4.38. The van der Waals surface area contributed by atoms with Crippen LogP contribution in [0, 0.1) is 0 Å². The van der Waals surface area contributed by atoms with Gasteiger partial charge in [0.2, 0.25) is 0 Å². The standard InChI is InChI=1S/C10H7BrS.K.H/c11-9-5-6-10(12)8-4-2-1-3-7(8)9;;/h1-6,12H;;. The molecule has 0 radical (unpaired) electrons. The molecule has 0 saturated heterocycles. The molecule has 0 amide bonds. The van der Waals surface area contributed by atoms with Crippen molar-refractivity contribution >= 4 is 90.7 Å². The van der Waals surface area contributed by atoms with Gasteiger partial charge in [-0.15, -0.1) is 12.6 Å². The zero-order valence-electron chi connectivity index (χ0n) is 6.29. The van der Waals surface area contributed by atoms with Crippen molar-refractivity contribution in [2.75, 3.05) is 0 Å². The van der Waals surface area contributed by atoms with Crippen molar-refractivity contribution in [3.8, 4) is 0 Å². The number of rotatable bonds is 0. The summed E-state index contributed by atoms with van der Waals surface area (Å²) in [6, 6.07) is 12.2. The molecule has 0 aliphatic rings. The third-order valence-electron chi connectivity index (χ3n) is 1.85. The van der Waals surface area contributed by atoms with Crippen LogP contribution in [-0.2, 0) is 0 Å². The molecule has 0 aliphatic heterocycles. The fraction of sp³-hybridized carbons (Fsp3) is 0. The van der Waals surface area contributed by atoms with Gasteiger partial charge in [-0.2, -0.15) is 0 Å². The number of fused-ring (bicyclic) bond motifs is 1. The third kappa shape index (κ3) is 2.59. The normalized spacial score (nSPS) is 9.69. The second-order valence-electron chi connectivity index (χ2n) is 2.61. The Hall–Kier alpha value is 1.17. The summed E-state index contributed by atoms with van der Waals surface area (Å²) in [5.74, 6) is 0. The van der Waals surface area contributed by atoms with E-state index in [0.717, 1.165) is 9.37 Å². The van der Waals surface area contributed by atoms with Crippen LogP contribution in [0.3, 0.4) is 0 Å². The van der Waals surface area contributed by atoms with E-state index in [1.165, 1.54) is 10.8 Å². The second-order valence-corrected chi connectivity index (χ2v) is 3.95. The summed E-state index contributed by atoms with van der Waals surface area (Å²) in [5, 5.41) is 2.40. The molecule has 0 saturated carbocycles. The molecule has 62 valence electrons. The fourth-order valence-electron chi connectivity index (χ4n) is 1.25. The topological polar surface area (TPSA) is 0 Å². The van der Waals surface area contributed by atoms with E-state index in [-0.39, 0.29) is 51.4 Å². The number of hydrogen-bond donors (Lipinski definition) is 1. The van der Waals surface area contributed by atoms with E-state index in [2.05, 4.69) is 40.7 Å². The van der Waals surface area contributed by atoms with Crippen LogP contribution in [0.15, 0.2) is 45.8 Å². The zero-order valence-corrected chi connectivity index (χ0v) is 8.77. The Kier molecular flexibility index (Phi) is 4.99. The summed E-state index contributed by atoms with van der Waals surface area (Å²) in [5.41, 5.74) is 0. The number of halogens is 1. The summed E-state index contributed by atoms with van der Waals surface area (Å²) in [6.45, 7) is 0. The van der Waals surface area contributed by atoms with Crippen molar-refractivity contribution in [1.29, 1.82) is 0 Å². The monoisotopic (exact) mass is 278 g/mol. The predicted octanol–water partition coefficient (Wildman–Crippen LogP) is 3.24. The van der Waals surface area contributed by atoms with Gasteiger partial charge in [0.15, 0.2) is 0 Å². The van der Waals surface area contributed by atoms with E-state index in [4.69, 9.17) is 0 Å². The quantitative estimate of drug-likeness (QED) is 0.555. The van der Waals surface area contributed by atoms with Gasteiger partial charge in [-0.1, -0.05) is 40.2 Å². The van der Waals surface area contributed by atoms with Crippen molar-refractivity contribution in [1.82, 2.24) is 0 Å². The van der Waals surface area contributed by atoms with Crippen molar-refractivity contribution < 1.29 is 0 Å². The van der Waals surface area contributed by atoms with E-state index < -0.39 is 0 Å². The number of thiol groups is 1. The average Bonchev–Trinajstić information content (AvgIpc) is 2.12.